The molecular weight excluding hydrogens is 665 g/mol. The number of fused-ring (bicyclic) bond motifs is 21. The molecule has 4 aliphatic rings. The van der Waals surface area contributed by atoms with Gasteiger partial charge in [0.05, 0.1) is 10.8 Å². The first kappa shape index (κ1) is 29.5. The Balaban J connectivity index is 1.07. The SMILES string of the molecule is c1ccc2c(c1)Oc1ccc(-c3ccc4c(c3)-c3ccccc3C43c4ccccc4-c4ccc5ccccc5c43)cc1C21c2ccccc2-c2ccccc21. The third-order valence-electron chi connectivity index (χ3n) is 13.2. The van der Waals surface area contributed by atoms with Gasteiger partial charge in [0.15, 0.2) is 0 Å². The van der Waals surface area contributed by atoms with Crippen molar-refractivity contribution in [2.45, 2.75) is 10.8 Å². The van der Waals surface area contributed by atoms with E-state index < -0.39 is 10.8 Å². The second-order valence-corrected chi connectivity index (χ2v) is 15.5. The van der Waals surface area contributed by atoms with Crippen molar-refractivity contribution in [3.63, 3.8) is 0 Å². The van der Waals surface area contributed by atoms with Crippen LogP contribution in [0.2, 0.25) is 0 Å². The molecule has 3 aliphatic carbocycles. The van der Waals surface area contributed by atoms with E-state index in [1.807, 2.05) is 0 Å². The van der Waals surface area contributed by atoms with Gasteiger partial charge in [0.25, 0.3) is 0 Å². The minimum absolute atomic E-state index is 0.411. The van der Waals surface area contributed by atoms with Gasteiger partial charge in [0.1, 0.15) is 11.5 Å². The summed E-state index contributed by atoms with van der Waals surface area (Å²) in [6.07, 6.45) is 0. The topological polar surface area (TPSA) is 9.23 Å². The zero-order chi connectivity index (χ0) is 35.9. The Morgan fingerprint density at radius 3 is 1.49 bits per heavy atom. The van der Waals surface area contributed by atoms with Crippen LogP contribution in [0.3, 0.4) is 0 Å². The number of ether oxygens (including phenoxy) is 1. The highest BCUT2D eigenvalue weighted by Crippen LogP contribution is 2.65. The Kier molecular flexibility index (Phi) is 5.56. The Hall–Kier alpha value is -6.96. The lowest BCUT2D eigenvalue weighted by Gasteiger charge is -2.39. The molecule has 1 atom stereocenters. The lowest BCUT2D eigenvalue weighted by molar-refractivity contribution is 0.436. The molecule has 0 N–H and O–H groups in total. The van der Waals surface area contributed by atoms with Gasteiger partial charge < -0.3 is 4.74 Å². The summed E-state index contributed by atoms with van der Waals surface area (Å²) in [5, 5.41) is 2.60. The van der Waals surface area contributed by atoms with E-state index in [1.165, 1.54) is 99.8 Å². The summed E-state index contributed by atoms with van der Waals surface area (Å²) in [6, 6.07) is 72.4. The quantitative estimate of drug-likeness (QED) is 0.166. The van der Waals surface area contributed by atoms with Crippen molar-refractivity contribution in [1.82, 2.24) is 0 Å². The van der Waals surface area contributed by atoms with E-state index in [0.29, 0.717) is 0 Å². The average Bonchev–Trinajstić information content (AvgIpc) is 3.84. The molecule has 254 valence electrons. The van der Waals surface area contributed by atoms with Crippen molar-refractivity contribution in [2.24, 2.45) is 0 Å². The predicted octanol–water partition coefficient (Wildman–Crippen LogP) is 13.3. The van der Waals surface area contributed by atoms with Gasteiger partial charge in [-0.05, 0) is 113 Å². The normalized spacial score (nSPS) is 16.7. The minimum Gasteiger partial charge on any atom is -0.457 e. The van der Waals surface area contributed by atoms with E-state index in [-0.39, 0.29) is 0 Å². The van der Waals surface area contributed by atoms with Gasteiger partial charge in [0, 0.05) is 11.1 Å². The summed E-state index contributed by atoms with van der Waals surface area (Å²) in [5.74, 6) is 1.82. The van der Waals surface area contributed by atoms with Crippen LogP contribution in [0.1, 0.15) is 44.5 Å². The molecule has 9 aromatic carbocycles. The molecule has 1 aliphatic heterocycles. The first-order valence-corrected chi connectivity index (χ1v) is 19.3. The zero-order valence-corrected chi connectivity index (χ0v) is 29.9. The van der Waals surface area contributed by atoms with E-state index in [1.54, 1.807) is 0 Å². The summed E-state index contributed by atoms with van der Waals surface area (Å²) in [7, 11) is 0. The third kappa shape index (κ3) is 3.46. The van der Waals surface area contributed by atoms with Crippen molar-refractivity contribution in [2.75, 3.05) is 0 Å². The molecule has 9 aromatic rings. The fourth-order valence-corrected chi connectivity index (χ4v) is 11.1. The fraction of sp³-hybridized carbons (Fsp3) is 0.0370. The molecule has 0 aromatic heterocycles. The molecule has 55 heavy (non-hydrogen) atoms. The Bertz CT molecular complexity index is 3100. The predicted molar refractivity (Wildman–Crippen MR) is 223 cm³/mol. The Labute approximate surface area is 319 Å². The van der Waals surface area contributed by atoms with Crippen LogP contribution in [-0.2, 0) is 10.8 Å². The maximum Gasteiger partial charge on any atom is 0.132 e. The molecule has 0 bridgehead atoms. The van der Waals surface area contributed by atoms with E-state index >= 15 is 0 Å². The van der Waals surface area contributed by atoms with Crippen LogP contribution in [0, 0.1) is 0 Å². The number of para-hydroxylation sites is 1. The monoisotopic (exact) mass is 696 g/mol. The molecule has 1 unspecified atom stereocenters. The highest BCUT2D eigenvalue weighted by molar-refractivity contribution is 6.04. The number of hydrogen-bond acceptors (Lipinski definition) is 1. The van der Waals surface area contributed by atoms with Gasteiger partial charge in [-0.25, -0.2) is 0 Å². The second kappa shape index (κ2) is 10.4. The molecule has 13 rings (SSSR count). The summed E-state index contributed by atoms with van der Waals surface area (Å²) in [5.41, 5.74) is 19.8. The van der Waals surface area contributed by atoms with Crippen LogP contribution in [-0.4, -0.2) is 0 Å². The Morgan fingerprint density at radius 2 is 0.782 bits per heavy atom. The van der Waals surface area contributed by atoms with E-state index in [4.69, 9.17) is 4.74 Å². The number of benzene rings is 9. The van der Waals surface area contributed by atoms with Crippen molar-refractivity contribution in [3.05, 3.63) is 239 Å². The summed E-state index contributed by atoms with van der Waals surface area (Å²) in [6.45, 7) is 0. The van der Waals surface area contributed by atoms with Crippen LogP contribution >= 0.6 is 0 Å². The zero-order valence-electron chi connectivity index (χ0n) is 29.9. The second-order valence-electron chi connectivity index (χ2n) is 15.5. The van der Waals surface area contributed by atoms with Gasteiger partial charge in [-0.3, -0.25) is 0 Å². The average molecular weight is 697 g/mol. The van der Waals surface area contributed by atoms with Crippen LogP contribution in [0.15, 0.2) is 194 Å². The van der Waals surface area contributed by atoms with Crippen LogP contribution in [0.4, 0.5) is 0 Å². The molecule has 0 radical (unpaired) electrons. The fourth-order valence-electron chi connectivity index (χ4n) is 11.1. The van der Waals surface area contributed by atoms with Gasteiger partial charge in [-0.2, -0.15) is 0 Å². The van der Waals surface area contributed by atoms with Crippen molar-refractivity contribution in [3.8, 4) is 56.0 Å². The smallest absolute Gasteiger partial charge is 0.132 e. The van der Waals surface area contributed by atoms with Crippen LogP contribution < -0.4 is 4.74 Å². The number of hydrogen-bond donors (Lipinski definition) is 0. The standard InChI is InChI=1S/C54H32O/c1-2-14-36-33(13-1)25-28-41-39-17-5-9-21-45(39)54(52(36)41)46-22-10-6-18-40(46)42-31-34(26-29-47(42)54)35-27-30-51-49(32-35)53(48-23-11-12-24-50(48)55-51)43-19-7-3-15-37(43)38-16-4-8-20-44(38)53/h1-32H. The molecule has 2 spiro atoms. The summed E-state index contributed by atoms with van der Waals surface area (Å²) < 4.78 is 6.77. The van der Waals surface area contributed by atoms with Gasteiger partial charge in [0.2, 0.25) is 0 Å². The van der Waals surface area contributed by atoms with Crippen LogP contribution in [0.5, 0.6) is 11.5 Å². The molecule has 0 saturated carbocycles. The van der Waals surface area contributed by atoms with E-state index in [9.17, 15) is 0 Å². The Morgan fingerprint density at radius 1 is 0.291 bits per heavy atom. The molecular formula is C54H32O. The highest BCUT2D eigenvalue weighted by atomic mass is 16.5. The first-order valence-electron chi connectivity index (χ1n) is 19.3. The lowest BCUT2D eigenvalue weighted by atomic mass is 9.65. The lowest BCUT2D eigenvalue weighted by Crippen LogP contribution is -2.32. The molecule has 1 heteroatoms. The van der Waals surface area contributed by atoms with Crippen LogP contribution in [0.25, 0.3) is 55.3 Å². The van der Waals surface area contributed by atoms with E-state index in [2.05, 4.69) is 194 Å². The van der Waals surface area contributed by atoms with Crippen molar-refractivity contribution in [1.29, 1.82) is 0 Å². The minimum atomic E-state index is -0.501. The molecule has 1 nitrogen and oxygen atoms in total. The van der Waals surface area contributed by atoms with E-state index in [0.717, 1.165) is 11.5 Å². The molecule has 0 fully saturated rings. The van der Waals surface area contributed by atoms with Crippen molar-refractivity contribution >= 4 is 10.8 Å². The van der Waals surface area contributed by atoms with Gasteiger partial charge >= 0.3 is 0 Å². The van der Waals surface area contributed by atoms with Gasteiger partial charge in [-0.15, -0.1) is 0 Å². The largest absolute Gasteiger partial charge is 0.457 e. The summed E-state index contributed by atoms with van der Waals surface area (Å²) in [4.78, 5) is 0. The molecule has 0 amide bonds. The molecule has 0 saturated heterocycles. The highest BCUT2D eigenvalue weighted by Gasteiger charge is 2.53. The molecule has 1 heterocycles. The summed E-state index contributed by atoms with van der Waals surface area (Å²) >= 11 is 0. The maximum atomic E-state index is 6.77. The first-order chi connectivity index (χ1) is 27.3. The third-order valence-corrected chi connectivity index (χ3v) is 13.2. The van der Waals surface area contributed by atoms with Gasteiger partial charge in [-0.1, -0.05) is 170 Å². The number of rotatable bonds is 1. The maximum absolute atomic E-state index is 6.77. The van der Waals surface area contributed by atoms with Crippen molar-refractivity contribution < 1.29 is 4.74 Å².